The third-order valence-corrected chi connectivity index (χ3v) is 6.60. The van der Waals surface area contributed by atoms with Gasteiger partial charge in [-0.1, -0.05) is 11.6 Å². The molecule has 0 radical (unpaired) electrons. The quantitative estimate of drug-likeness (QED) is 0.502. The van der Waals surface area contributed by atoms with Gasteiger partial charge in [-0.05, 0) is 43.9 Å². The van der Waals surface area contributed by atoms with Gasteiger partial charge < -0.3 is 25.2 Å². The van der Waals surface area contributed by atoms with E-state index in [-0.39, 0.29) is 41.7 Å². The summed E-state index contributed by atoms with van der Waals surface area (Å²) in [5, 5.41) is 15.9. The standard InChI is InChI=1S/C24H24ClF3N2O5/c25-15-3-2-13(8-16(15)26)34-12-22(32)29-7-6-24(4-1-5-24)30-23(33)21-11-19(31)14-9-17(27)18(28)10-20(14)35-21/h2-3,8-10,19,21,31H,1,4-7,11-12H2,(H,29,32)(H,30,33)/t19-,21-/m1/s1. The van der Waals surface area contributed by atoms with E-state index in [4.69, 9.17) is 21.1 Å². The number of aliphatic hydroxyl groups excluding tert-OH is 1. The first-order valence-corrected chi connectivity index (χ1v) is 11.5. The Morgan fingerprint density at radius 2 is 1.89 bits per heavy atom. The van der Waals surface area contributed by atoms with E-state index < -0.39 is 47.0 Å². The van der Waals surface area contributed by atoms with Crippen molar-refractivity contribution in [2.45, 2.75) is 49.9 Å². The smallest absolute Gasteiger partial charge is 0.261 e. The highest BCUT2D eigenvalue weighted by Crippen LogP contribution is 2.38. The summed E-state index contributed by atoms with van der Waals surface area (Å²) in [6, 6.07) is 5.55. The molecule has 1 fully saturated rings. The van der Waals surface area contributed by atoms with Crippen molar-refractivity contribution in [1.29, 1.82) is 0 Å². The second-order valence-corrected chi connectivity index (χ2v) is 9.16. The lowest BCUT2D eigenvalue weighted by Gasteiger charge is -2.44. The summed E-state index contributed by atoms with van der Waals surface area (Å²) in [7, 11) is 0. The normalized spacial score (nSPS) is 20.1. The van der Waals surface area contributed by atoms with Gasteiger partial charge in [-0.3, -0.25) is 9.59 Å². The summed E-state index contributed by atoms with van der Waals surface area (Å²) in [6.07, 6.45) is 0.395. The second-order valence-electron chi connectivity index (χ2n) is 8.75. The summed E-state index contributed by atoms with van der Waals surface area (Å²) < 4.78 is 51.3. The topological polar surface area (TPSA) is 96.9 Å². The number of hydrogen-bond donors (Lipinski definition) is 3. The summed E-state index contributed by atoms with van der Waals surface area (Å²) in [4.78, 5) is 24.9. The number of carbonyl (C=O) groups excluding carboxylic acids is 2. The maximum Gasteiger partial charge on any atom is 0.261 e. The number of hydrogen-bond acceptors (Lipinski definition) is 5. The largest absolute Gasteiger partial charge is 0.484 e. The van der Waals surface area contributed by atoms with Gasteiger partial charge in [0.25, 0.3) is 11.8 Å². The van der Waals surface area contributed by atoms with E-state index in [1.54, 1.807) is 0 Å². The van der Waals surface area contributed by atoms with Crippen LogP contribution in [0.3, 0.4) is 0 Å². The first-order chi connectivity index (χ1) is 16.7. The lowest BCUT2D eigenvalue weighted by Crippen LogP contribution is -2.58. The maximum atomic E-state index is 13.6. The maximum absolute atomic E-state index is 13.6. The average molecular weight is 513 g/mol. The van der Waals surface area contributed by atoms with Gasteiger partial charge in [0, 0.05) is 36.2 Å². The molecule has 2 amide bonds. The first-order valence-electron chi connectivity index (χ1n) is 11.2. The van der Waals surface area contributed by atoms with E-state index in [1.807, 2.05) is 0 Å². The van der Waals surface area contributed by atoms with Crippen molar-refractivity contribution in [3.05, 3.63) is 58.4 Å². The van der Waals surface area contributed by atoms with Crippen LogP contribution in [0.2, 0.25) is 5.02 Å². The van der Waals surface area contributed by atoms with Gasteiger partial charge >= 0.3 is 0 Å². The van der Waals surface area contributed by atoms with Crippen LogP contribution in [0.25, 0.3) is 0 Å². The number of benzene rings is 2. The minimum Gasteiger partial charge on any atom is -0.484 e. The van der Waals surface area contributed by atoms with Gasteiger partial charge in [0.05, 0.1) is 11.1 Å². The Balaban J connectivity index is 1.27. The molecule has 35 heavy (non-hydrogen) atoms. The molecule has 3 N–H and O–H groups in total. The third-order valence-electron chi connectivity index (χ3n) is 6.30. The van der Waals surface area contributed by atoms with E-state index in [0.717, 1.165) is 24.6 Å². The second kappa shape index (κ2) is 10.3. The van der Waals surface area contributed by atoms with Crippen molar-refractivity contribution in [3.8, 4) is 11.5 Å². The number of nitrogens with one attached hydrogen (secondary N) is 2. The molecule has 1 saturated carbocycles. The van der Waals surface area contributed by atoms with Crippen LogP contribution in [0.5, 0.6) is 11.5 Å². The SMILES string of the molecule is O=C(COc1ccc(Cl)c(F)c1)NCCC1(NC(=O)[C@H]2C[C@@H](O)c3cc(F)c(F)cc3O2)CCC1. The number of rotatable bonds is 8. The van der Waals surface area contributed by atoms with Crippen molar-refractivity contribution in [1.82, 2.24) is 10.6 Å². The molecular weight excluding hydrogens is 489 g/mol. The molecule has 0 aromatic heterocycles. The van der Waals surface area contributed by atoms with Crippen LogP contribution >= 0.6 is 11.6 Å². The molecule has 0 spiro atoms. The summed E-state index contributed by atoms with van der Waals surface area (Å²) in [5.41, 5.74) is -0.453. The molecule has 0 bridgehead atoms. The predicted octanol–water partition coefficient (Wildman–Crippen LogP) is 3.57. The van der Waals surface area contributed by atoms with Crippen LogP contribution < -0.4 is 20.1 Å². The van der Waals surface area contributed by atoms with Gasteiger partial charge in [0.2, 0.25) is 0 Å². The molecule has 0 unspecified atom stereocenters. The molecule has 0 saturated heterocycles. The fraction of sp³-hybridized carbons (Fsp3) is 0.417. The van der Waals surface area contributed by atoms with E-state index in [1.165, 1.54) is 12.1 Å². The molecule has 2 atom stereocenters. The van der Waals surface area contributed by atoms with Crippen LogP contribution in [-0.2, 0) is 9.59 Å². The van der Waals surface area contributed by atoms with Gasteiger partial charge in [0.1, 0.15) is 17.3 Å². The number of halogens is 4. The predicted molar refractivity (Wildman–Crippen MR) is 120 cm³/mol. The summed E-state index contributed by atoms with van der Waals surface area (Å²) in [6.45, 7) is -0.0519. The van der Waals surface area contributed by atoms with Gasteiger partial charge in [0.15, 0.2) is 24.3 Å². The van der Waals surface area contributed by atoms with Crippen molar-refractivity contribution in [3.63, 3.8) is 0 Å². The van der Waals surface area contributed by atoms with E-state index in [0.29, 0.717) is 19.3 Å². The molecule has 4 rings (SSSR count). The third kappa shape index (κ3) is 5.82. The zero-order valence-corrected chi connectivity index (χ0v) is 19.3. The Labute approximate surface area is 204 Å². The first kappa shape index (κ1) is 25.1. The fourth-order valence-corrected chi connectivity index (χ4v) is 4.31. The number of fused-ring (bicyclic) bond motifs is 1. The lowest BCUT2D eigenvalue weighted by atomic mass is 9.74. The zero-order valence-electron chi connectivity index (χ0n) is 18.6. The van der Waals surface area contributed by atoms with Crippen molar-refractivity contribution < 1.29 is 37.3 Å². The van der Waals surface area contributed by atoms with Gasteiger partial charge in [-0.25, -0.2) is 13.2 Å². The Morgan fingerprint density at radius 1 is 1.14 bits per heavy atom. The molecule has 7 nitrogen and oxygen atoms in total. The van der Waals surface area contributed by atoms with Crippen molar-refractivity contribution >= 4 is 23.4 Å². The van der Waals surface area contributed by atoms with Crippen LogP contribution in [0.1, 0.15) is 43.8 Å². The zero-order chi connectivity index (χ0) is 25.2. The monoisotopic (exact) mass is 512 g/mol. The van der Waals surface area contributed by atoms with Gasteiger partial charge in [-0.15, -0.1) is 0 Å². The highest BCUT2D eigenvalue weighted by atomic mass is 35.5. The van der Waals surface area contributed by atoms with Crippen LogP contribution in [-0.4, -0.2) is 41.7 Å². The Morgan fingerprint density at radius 3 is 2.57 bits per heavy atom. The fourth-order valence-electron chi connectivity index (χ4n) is 4.19. The number of aliphatic hydroxyl groups is 1. The van der Waals surface area contributed by atoms with Gasteiger partial charge in [-0.2, -0.15) is 0 Å². The highest BCUT2D eigenvalue weighted by molar-refractivity contribution is 6.30. The lowest BCUT2D eigenvalue weighted by molar-refractivity contribution is -0.133. The average Bonchev–Trinajstić information content (AvgIpc) is 2.79. The number of carbonyl (C=O) groups is 2. The van der Waals surface area contributed by atoms with E-state index in [2.05, 4.69) is 10.6 Å². The Kier molecular flexibility index (Phi) is 7.42. The van der Waals surface area contributed by atoms with E-state index >= 15 is 0 Å². The molecular formula is C24H24ClF3N2O5. The number of ether oxygens (including phenoxy) is 2. The Hall–Kier alpha value is -2.98. The van der Waals surface area contributed by atoms with E-state index in [9.17, 15) is 27.9 Å². The van der Waals surface area contributed by atoms with Crippen molar-refractivity contribution in [2.75, 3.05) is 13.2 Å². The minimum absolute atomic E-state index is 0.0481. The summed E-state index contributed by atoms with van der Waals surface area (Å²) >= 11 is 5.61. The molecule has 1 aliphatic carbocycles. The van der Waals surface area contributed by atoms with Crippen LogP contribution in [0.15, 0.2) is 30.3 Å². The molecule has 188 valence electrons. The van der Waals surface area contributed by atoms with Crippen LogP contribution in [0, 0.1) is 17.5 Å². The molecule has 1 aliphatic heterocycles. The highest BCUT2D eigenvalue weighted by Gasteiger charge is 2.41. The minimum atomic E-state index is -1.17. The van der Waals surface area contributed by atoms with Crippen molar-refractivity contribution in [2.24, 2.45) is 0 Å². The Bertz CT molecular complexity index is 1130. The summed E-state index contributed by atoms with van der Waals surface area (Å²) in [5.74, 6) is -3.67. The van der Waals surface area contributed by atoms with Crippen LogP contribution in [0.4, 0.5) is 13.2 Å². The molecule has 2 aromatic carbocycles. The molecule has 2 aliphatic rings. The molecule has 11 heteroatoms. The molecule has 2 aromatic rings. The number of amides is 2. The molecule has 1 heterocycles.